The van der Waals surface area contributed by atoms with Gasteiger partial charge in [-0.05, 0) is 24.8 Å². The van der Waals surface area contributed by atoms with Crippen molar-refractivity contribution < 1.29 is 19.5 Å². The Balaban J connectivity index is 4.27. The Labute approximate surface area is 112 Å². The van der Waals surface area contributed by atoms with Crippen molar-refractivity contribution in [3.05, 3.63) is 0 Å². The van der Waals surface area contributed by atoms with Crippen molar-refractivity contribution in [3.63, 3.8) is 0 Å². The van der Waals surface area contributed by atoms with Crippen LogP contribution < -0.4 is 16.8 Å². The molecule has 0 aliphatic rings. The van der Waals surface area contributed by atoms with Gasteiger partial charge in [-0.3, -0.25) is 9.59 Å². The molecule has 1 unspecified atom stereocenters. The summed E-state index contributed by atoms with van der Waals surface area (Å²) < 4.78 is 0. The third kappa shape index (κ3) is 8.15. The van der Waals surface area contributed by atoms with Crippen LogP contribution in [0.2, 0.25) is 0 Å². The largest absolute Gasteiger partial charge is 0.480 e. The van der Waals surface area contributed by atoms with Gasteiger partial charge in [0.15, 0.2) is 0 Å². The summed E-state index contributed by atoms with van der Waals surface area (Å²) in [6, 6.07) is -1.26. The molecule has 110 valence electrons. The van der Waals surface area contributed by atoms with Crippen LogP contribution >= 0.6 is 0 Å². The molecule has 0 aliphatic heterocycles. The highest BCUT2D eigenvalue weighted by atomic mass is 16.4. The van der Waals surface area contributed by atoms with E-state index in [-0.39, 0.29) is 11.8 Å². The van der Waals surface area contributed by atoms with E-state index in [0.29, 0.717) is 13.0 Å². The average molecular weight is 273 g/mol. The van der Waals surface area contributed by atoms with Gasteiger partial charge in [-0.2, -0.15) is 0 Å². The number of amides is 2. The van der Waals surface area contributed by atoms with E-state index in [0.717, 1.165) is 6.42 Å². The van der Waals surface area contributed by atoms with Crippen LogP contribution in [0, 0.1) is 5.41 Å². The number of hydrogen-bond donors (Lipinski definition) is 4. The lowest BCUT2D eigenvalue weighted by atomic mass is 9.84. The zero-order valence-electron chi connectivity index (χ0n) is 11.4. The topological polar surface area (TPSA) is 136 Å². The molecule has 0 saturated heterocycles. The van der Waals surface area contributed by atoms with E-state index in [1.54, 1.807) is 0 Å². The van der Waals surface area contributed by atoms with E-state index < -0.39 is 30.2 Å². The van der Waals surface area contributed by atoms with Gasteiger partial charge in [0, 0.05) is 6.42 Å². The van der Waals surface area contributed by atoms with E-state index >= 15 is 0 Å². The van der Waals surface area contributed by atoms with Crippen molar-refractivity contribution in [1.82, 2.24) is 5.32 Å². The number of primary amides is 1. The van der Waals surface area contributed by atoms with Crippen LogP contribution in [0.15, 0.2) is 0 Å². The zero-order chi connectivity index (χ0) is 15.1. The number of rotatable bonds is 9. The van der Waals surface area contributed by atoms with Gasteiger partial charge in [-0.15, -0.1) is 0 Å². The first-order valence-corrected chi connectivity index (χ1v) is 6.18. The van der Waals surface area contributed by atoms with E-state index in [2.05, 4.69) is 5.32 Å². The summed E-state index contributed by atoms with van der Waals surface area (Å²) in [5.74, 6) is -2.44. The lowest BCUT2D eigenvalue weighted by molar-refractivity contribution is -0.143. The van der Waals surface area contributed by atoms with Crippen molar-refractivity contribution in [2.45, 2.75) is 45.6 Å². The zero-order valence-corrected chi connectivity index (χ0v) is 11.4. The maximum Gasteiger partial charge on any atom is 0.326 e. The van der Waals surface area contributed by atoms with Crippen LogP contribution in [0.4, 0.5) is 0 Å². The van der Waals surface area contributed by atoms with Crippen LogP contribution in [0.5, 0.6) is 0 Å². The molecule has 7 nitrogen and oxygen atoms in total. The minimum Gasteiger partial charge on any atom is -0.480 e. The maximum atomic E-state index is 11.6. The minimum atomic E-state index is -1.27. The van der Waals surface area contributed by atoms with Gasteiger partial charge in [-0.25, -0.2) is 4.79 Å². The lowest BCUT2D eigenvalue weighted by Gasteiger charge is -2.23. The number of carbonyl (C=O) groups excluding carboxylic acids is 2. The van der Waals surface area contributed by atoms with Crippen LogP contribution in [0.3, 0.4) is 0 Å². The molecule has 0 spiro atoms. The maximum absolute atomic E-state index is 11.6. The van der Waals surface area contributed by atoms with Crippen LogP contribution in [-0.2, 0) is 14.4 Å². The molecule has 0 aromatic heterocycles. The molecule has 0 bridgehead atoms. The molecule has 2 amide bonds. The molecule has 7 heteroatoms. The molecule has 0 aliphatic carbocycles. The van der Waals surface area contributed by atoms with Crippen molar-refractivity contribution in [3.8, 4) is 0 Å². The fourth-order valence-corrected chi connectivity index (χ4v) is 1.64. The monoisotopic (exact) mass is 273 g/mol. The minimum absolute atomic E-state index is 0.0749. The summed E-state index contributed by atoms with van der Waals surface area (Å²) in [6.45, 7) is 4.52. The predicted molar refractivity (Wildman–Crippen MR) is 70.1 cm³/mol. The Bertz CT molecular complexity index is 342. The smallest absolute Gasteiger partial charge is 0.326 e. The number of carboxylic acid groups (broad SMARTS) is 1. The molecule has 6 N–H and O–H groups in total. The summed E-state index contributed by atoms with van der Waals surface area (Å²) in [5.41, 5.74) is 10.3. The van der Waals surface area contributed by atoms with Crippen molar-refractivity contribution in [2.75, 3.05) is 6.54 Å². The normalized spacial score (nSPS) is 12.8. The second-order valence-corrected chi connectivity index (χ2v) is 5.33. The predicted octanol–water partition coefficient (Wildman–Crippen LogP) is -0.414. The first-order chi connectivity index (χ1) is 8.68. The summed E-state index contributed by atoms with van der Waals surface area (Å²) in [5, 5.41) is 11.1. The lowest BCUT2D eigenvalue weighted by Crippen LogP contribution is -2.43. The average Bonchev–Trinajstić information content (AvgIpc) is 2.25. The van der Waals surface area contributed by atoms with E-state index in [4.69, 9.17) is 16.6 Å². The summed E-state index contributed by atoms with van der Waals surface area (Å²) >= 11 is 0. The molecular weight excluding hydrogens is 250 g/mol. The van der Waals surface area contributed by atoms with Gasteiger partial charge in [-0.1, -0.05) is 13.8 Å². The van der Waals surface area contributed by atoms with Crippen molar-refractivity contribution >= 4 is 17.8 Å². The Kier molecular flexibility index (Phi) is 7.06. The number of nitrogens with one attached hydrogen (secondary N) is 1. The van der Waals surface area contributed by atoms with Crippen LogP contribution in [-0.4, -0.2) is 35.5 Å². The van der Waals surface area contributed by atoms with Crippen molar-refractivity contribution in [1.29, 1.82) is 0 Å². The van der Waals surface area contributed by atoms with E-state index in [9.17, 15) is 14.4 Å². The van der Waals surface area contributed by atoms with Gasteiger partial charge in [0.25, 0.3) is 0 Å². The Morgan fingerprint density at radius 2 is 1.84 bits per heavy atom. The highest BCUT2D eigenvalue weighted by Gasteiger charge is 2.23. The second-order valence-electron chi connectivity index (χ2n) is 5.33. The Morgan fingerprint density at radius 1 is 1.26 bits per heavy atom. The molecule has 0 aromatic rings. The molecule has 0 saturated carbocycles. The quantitative estimate of drug-likeness (QED) is 0.452. The molecule has 19 heavy (non-hydrogen) atoms. The van der Waals surface area contributed by atoms with E-state index in [1.807, 2.05) is 13.8 Å². The number of carbonyl (C=O) groups is 3. The highest BCUT2D eigenvalue weighted by molar-refractivity contribution is 5.88. The van der Waals surface area contributed by atoms with Gasteiger partial charge in [0.1, 0.15) is 6.04 Å². The molecule has 0 aromatic carbocycles. The molecule has 0 heterocycles. The first kappa shape index (κ1) is 17.4. The van der Waals surface area contributed by atoms with Crippen LogP contribution in [0.1, 0.15) is 39.5 Å². The molecule has 0 radical (unpaired) electrons. The Hall–Kier alpha value is -1.63. The first-order valence-electron chi connectivity index (χ1n) is 6.18. The fourth-order valence-electron chi connectivity index (χ4n) is 1.64. The molecular formula is C12H23N3O4. The van der Waals surface area contributed by atoms with Crippen molar-refractivity contribution in [2.24, 2.45) is 16.9 Å². The number of hydrogen-bond acceptors (Lipinski definition) is 4. The standard InChI is InChI=1S/C12H23N3O4/c1-12(2,5-6-13)4-3-10(17)15-8(11(18)19)7-9(14)16/h8H,3-7,13H2,1-2H3,(H2,14,16)(H,15,17)(H,18,19). The molecule has 1 atom stereocenters. The summed E-state index contributed by atoms with van der Waals surface area (Å²) in [6.07, 6.45) is 1.16. The van der Waals surface area contributed by atoms with Gasteiger partial charge in [0.2, 0.25) is 11.8 Å². The third-order valence-electron chi connectivity index (χ3n) is 2.89. The molecule has 0 fully saturated rings. The summed E-state index contributed by atoms with van der Waals surface area (Å²) in [4.78, 5) is 33.2. The van der Waals surface area contributed by atoms with Gasteiger partial charge < -0.3 is 21.9 Å². The number of carboxylic acids is 1. The fraction of sp³-hybridized carbons (Fsp3) is 0.750. The second kappa shape index (κ2) is 7.73. The van der Waals surface area contributed by atoms with Gasteiger partial charge in [0.05, 0.1) is 6.42 Å². The summed E-state index contributed by atoms with van der Waals surface area (Å²) in [7, 11) is 0. The number of nitrogens with two attached hydrogens (primary N) is 2. The SMILES string of the molecule is CC(C)(CCN)CCC(=O)NC(CC(N)=O)C(=O)O. The third-order valence-corrected chi connectivity index (χ3v) is 2.89. The number of aliphatic carboxylic acids is 1. The highest BCUT2D eigenvalue weighted by Crippen LogP contribution is 2.25. The molecule has 0 rings (SSSR count). The van der Waals surface area contributed by atoms with Crippen LogP contribution in [0.25, 0.3) is 0 Å². The Morgan fingerprint density at radius 3 is 2.26 bits per heavy atom. The van der Waals surface area contributed by atoms with E-state index in [1.165, 1.54) is 0 Å². The van der Waals surface area contributed by atoms with Gasteiger partial charge >= 0.3 is 5.97 Å².